The number of anilines is 3. The van der Waals surface area contributed by atoms with E-state index in [9.17, 15) is 14.4 Å². The van der Waals surface area contributed by atoms with E-state index in [4.69, 9.17) is 4.42 Å². The number of likely N-dealkylation sites (N-methyl/N-ethyl adjacent to an activating group) is 3. The van der Waals surface area contributed by atoms with Gasteiger partial charge in [0.25, 0.3) is 11.9 Å². The first kappa shape index (κ1) is 71.1. The third-order valence-electron chi connectivity index (χ3n) is 20.0. The zero-order chi connectivity index (χ0) is 68.0. The number of oxazole rings is 1. The van der Waals surface area contributed by atoms with Crippen LogP contribution in [0.4, 0.5) is 17.1 Å². The molecule has 3 aromatic carbocycles. The zero-order valence-electron chi connectivity index (χ0n) is 59.0. The minimum atomic E-state index is -0.195. The van der Waals surface area contributed by atoms with Gasteiger partial charge < -0.3 is 54.1 Å². The summed E-state index contributed by atoms with van der Waals surface area (Å²) in [6, 6.07) is 27.0. The van der Waals surface area contributed by atoms with Crippen LogP contribution in [0.2, 0.25) is 0 Å². The topological polar surface area (TPSA) is 223 Å². The molecule has 20 nitrogen and oxygen atoms in total. The molecule has 516 valence electrons. The summed E-state index contributed by atoms with van der Waals surface area (Å²) in [6.07, 6.45) is 17.7. The number of nitrogens with zero attached hydrogens (tertiary/aromatic N) is 11. The van der Waals surface area contributed by atoms with Crippen molar-refractivity contribution in [2.45, 2.75) is 157 Å². The van der Waals surface area contributed by atoms with Gasteiger partial charge in [0.2, 0.25) is 16.8 Å². The fraction of sp³-hybridized carbons (Fsp3) is 0.547. The Labute approximate surface area is 572 Å². The number of benzene rings is 3. The number of hydrogen-bond donors (Lipinski definition) is 5. The lowest BCUT2D eigenvalue weighted by Crippen LogP contribution is -2.50. The Bertz CT molecular complexity index is 3520. The molecule has 9 aromatic rings. The molecule has 0 spiro atoms. The van der Waals surface area contributed by atoms with Crippen LogP contribution in [0.25, 0.3) is 32.7 Å². The maximum Gasteiger partial charge on any atom is 0.298 e. The van der Waals surface area contributed by atoms with Gasteiger partial charge in [-0.15, -0.1) is 15.3 Å². The highest BCUT2D eigenvalue weighted by Gasteiger charge is 2.30. The molecule has 0 bridgehead atoms. The highest BCUT2D eigenvalue weighted by Crippen LogP contribution is 2.32. The van der Waals surface area contributed by atoms with Crippen LogP contribution in [0.3, 0.4) is 0 Å². The number of aromatic nitrogens is 9. The molecular formula is C75H106N16O4S. The van der Waals surface area contributed by atoms with Crippen LogP contribution < -0.4 is 20.0 Å². The van der Waals surface area contributed by atoms with Gasteiger partial charge in [-0.05, 0) is 151 Å². The number of piperazine rings is 3. The van der Waals surface area contributed by atoms with Gasteiger partial charge in [0.05, 0.1) is 6.20 Å². The smallest absolute Gasteiger partial charge is 0.298 e. The Morgan fingerprint density at radius 2 is 1.02 bits per heavy atom. The normalized spacial score (nSPS) is 18.5. The zero-order valence-corrected chi connectivity index (χ0v) is 59.9. The number of hydrogen-bond acceptors (Lipinski definition) is 16. The Balaban J connectivity index is 0.000000157. The number of H-pyrrole nitrogens is 4. The number of carbonyl (C=O) groups excluding carboxylic acids is 3. The van der Waals surface area contributed by atoms with E-state index in [1.807, 2.05) is 12.1 Å². The highest BCUT2D eigenvalue weighted by molar-refractivity contribution is 7.17. The van der Waals surface area contributed by atoms with Gasteiger partial charge in [0.1, 0.15) is 0 Å². The minimum Gasteiger partial charge on any atom is -0.418 e. The molecule has 0 saturated carbocycles. The van der Waals surface area contributed by atoms with E-state index in [2.05, 4.69) is 243 Å². The fourth-order valence-corrected chi connectivity index (χ4v) is 14.2. The van der Waals surface area contributed by atoms with Gasteiger partial charge in [-0.1, -0.05) is 120 Å². The van der Waals surface area contributed by atoms with Gasteiger partial charge in [-0.25, -0.2) is 4.98 Å². The summed E-state index contributed by atoms with van der Waals surface area (Å²) in [5.74, 6) is 3.71. The molecule has 9 heterocycles. The molecular weight excluding hydrogens is 1220 g/mol. The number of para-hydroxylation sites is 3. The molecule has 0 aliphatic carbocycles. The molecule has 3 saturated heterocycles. The van der Waals surface area contributed by atoms with E-state index in [-0.39, 0.29) is 35.2 Å². The van der Waals surface area contributed by atoms with Crippen molar-refractivity contribution in [3.8, 4) is 0 Å². The van der Waals surface area contributed by atoms with E-state index in [0.717, 1.165) is 138 Å². The van der Waals surface area contributed by atoms with Crippen LogP contribution in [0.1, 0.15) is 161 Å². The highest BCUT2D eigenvalue weighted by atomic mass is 32.1. The quantitative estimate of drug-likeness (QED) is 0.0318. The van der Waals surface area contributed by atoms with E-state index < -0.39 is 0 Å². The van der Waals surface area contributed by atoms with Gasteiger partial charge in [-0.3, -0.25) is 19.5 Å². The SMILES string of the molecule is CC(C)CCC(CC(=O)c1nc(N2CCN(C)C(C)C2)n[nH]1)Cc1c[nH]c2ccccc12.CC(C)CCC(CC(=O)c1nnc(N2CCN(C)C(C)C2)s1)Cc1c[nH]c2ccccc12.CC(C)CCC(Cc1c[nH]c2ccccc12)NC(=O)c1cnc(N2CCN(C)C(C)C2)o1. The molecule has 6 aromatic heterocycles. The molecule has 6 atom stereocenters. The van der Waals surface area contributed by atoms with Crippen molar-refractivity contribution >= 4 is 78.6 Å². The Morgan fingerprint density at radius 3 is 1.54 bits per heavy atom. The average Bonchev–Trinajstić information content (AvgIpc) is 1.72. The summed E-state index contributed by atoms with van der Waals surface area (Å²) < 4.78 is 5.88. The van der Waals surface area contributed by atoms with E-state index in [1.165, 1.54) is 44.2 Å². The predicted octanol–water partition coefficient (Wildman–Crippen LogP) is 13.4. The molecule has 0 radical (unpaired) electrons. The molecule has 3 aliphatic rings. The van der Waals surface area contributed by atoms with Crippen LogP contribution in [0.5, 0.6) is 0 Å². The molecule has 3 fully saturated rings. The van der Waals surface area contributed by atoms with Crippen molar-refractivity contribution in [3.05, 3.63) is 131 Å². The molecule has 5 N–H and O–H groups in total. The van der Waals surface area contributed by atoms with Crippen molar-refractivity contribution in [1.82, 2.24) is 65.3 Å². The van der Waals surface area contributed by atoms with Crippen LogP contribution in [0, 0.1) is 29.6 Å². The van der Waals surface area contributed by atoms with Crippen molar-refractivity contribution in [3.63, 3.8) is 0 Å². The third-order valence-corrected chi connectivity index (χ3v) is 21.0. The molecule has 21 heteroatoms. The fourth-order valence-electron chi connectivity index (χ4n) is 13.4. The number of ketones is 2. The molecule has 3 aliphatic heterocycles. The van der Waals surface area contributed by atoms with E-state index >= 15 is 0 Å². The molecule has 6 unspecified atom stereocenters. The number of aromatic amines is 4. The standard InChI is InChI=1S/C25H36N6O.C25H35N5O2.C25H35N5OS/c1-17(2)9-10-19(13-20-15-26-22-8-6-5-7-21(20)22)14-23(32)24-27-25(29-28-24)31-12-11-30(4)18(3)16-31;1-17(2)9-10-20(13-19-14-26-22-8-6-5-7-21(19)22)28-24(31)23-15-27-25(32-23)30-12-11-29(4)18(3)16-30;1-17(2)9-10-19(13-20-15-26-22-8-6-5-7-21(20)22)14-23(31)24-27-28-25(32-24)30-12-11-29(4)18(3)16-30/h5-8,15,17-19,26H,9-14,16H2,1-4H3,(H,27,28,29);5-8,14-15,17-18,20,26H,9-13,16H2,1-4H3,(H,28,31);5-8,15,17-19,26H,9-14,16H2,1-4H3. The number of Topliss-reactive ketones (excluding diaryl/α,β-unsaturated/α-hetero) is 2. The first-order valence-corrected chi connectivity index (χ1v) is 36.1. The summed E-state index contributed by atoms with van der Waals surface area (Å²) in [5.41, 5.74) is 7.24. The maximum absolute atomic E-state index is 13.2. The number of nitrogens with one attached hydrogen (secondary N) is 5. The van der Waals surface area contributed by atoms with Gasteiger partial charge >= 0.3 is 0 Å². The number of carbonyl (C=O) groups is 3. The van der Waals surface area contributed by atoms with Crippen molar-refractivity contribution in [1.29, 1.82) is 0 Å². The second kappa shape index (κ2) is 33.5. The predicted molar refractivity (Wildman–Crippen MR) is 390 cm³/mol. The lowest BCUT2D eigenvalue weighted by Gasteiger charge is -2.37. The van der Waals surface area contributed by atoms with Crippen LogP contribution in [0.15, 0.2) is 102 Å². The van der Waals surface area contributed by atoms with Gasteiger partial charge in [0.15, 0.2) is 22.4 Å². The molecule has 1 amide bonds. The number of amides is 1. The third kappa shape index (κ3) is 19.1. The maximum atomic E-state index is 13.2. The second-order valence-electron chi connectivity index (χ2n) is 29.0. The summed E-state index contributed by atoms with van der Waals surface area (Å²) in [7, 11) is 6.42. The van der Waals surface area contributed by atoms with Gasteiger partial charge in [-0.2, -0.15) is 4.98 Å². The average molecular weight is 1330 g/mol. The summed E-state index contributed by atoms with van der Waals surface area (Å²) in [6.45, 7) is 28.3. The minimum absolute atomic E-state index is 0.0290. The van der Waals surface area contributed by atoms with E-state index in [1.54, 1.807) is 6.20 Å². The first-order chi connectivity index (χ1) is 46.2. The Kier molecular flexibility index (Phi) is 24.8. The van der Waals surface area contributed by atoms with Crippen LogP contribution >= 0.6 is 11.3 Å². The van der Waals surface area contributed by atoms with Crippen molar-refractivity contribution in [2.24, 2.45) is 29.6 Å². The summed E-state index contributed by atoms with van der Waals surface area (Å²) in [5, 5.41) is 24.3. The number of fused-ring (bicyclic) bond motifs is 3. The Hall–Kier alpha value is -7.72. The van der Waals surface area contributed by atoms with Crippen molar-refractivity contribution < 1.29 is 18.8 Å². The summed E-state index contributed by atoms with van der Waals surface area (Å²) >= 11 is 1.46. The molecule has 96 heavy (non-hydrogen) atoms. The van der Waals surface area contributed by atoms with Gasteiger partial charge in [0, 0.05) is 147 Å². The second-order valence-corrected chi connectivity index (χ2v) is 29.9. The first-order valence-electron chi connectivity index (χ1n) is 35.3. The van der Waals surface area contributed by atoms with Crippen LogP contribution in [-0.4, -0.2) is 182 Å². The molecule has 12 rings (SSSR count). The largest absolute Gasteiger partial charge is 0.418 e. The van der Waals surface area contributed by atoms with Crippen LogP contribution in [-0.2, 0) is 19.3 Å². The van der Waals surface area contributed by atoms with Crippen molar-refractivity contribution in [2.75, 3.05) is 94.7 Å². The van der Waals surface area contributed by atoms with E-state index in [0.29, 0.717) is 77.4 Å². The lowest BCUT2D eigenvalue weighted by molar-refractivity contribution is 0.0903. The monoisotopic (exact) mass is 1330 g/mol. The number of rotatable bonds is 26. The lowest BCUT2D eigenvalue weighted by atomic mass is 9.88. The Morgan fingerprint density at radius 1 is 0.562 bits per heavy atom. The summed E-state index contributed by atoms with van der Waals surface area (Å²) in [4.78, 5) is 71.9.